The molecule has 76 valence electrons. The van der Waals surface area contributed by atoms with Crippen LogP contribution in [-0.4, -0.2) is 12.9 Å². The van der Waals surface area contributed by atoms with Gasteiger partial charge in [-0.2, -0.15) is 0 Å². The van der Waals surface area contributed by atoms with E-state index in [1.54, 1.807) is 7.05 Å². The Hall–Kier alpha value is -0.940. The first kappa shape index (κ1) is 11.1. The minimum atomic E-state index is 0.389. The van der Waals surface area contributed by atoms with Gasteiger partial charge in [0.1, 0.15) is 5.84 Å². The zero-order chi connectivity index (χ0) is 10.4. The van der Waals surface area contributed by atoms with E-state index in [0.717, 1.165) is 30.1 Å². The molecule has 0 aromatic rings. The van der Waals surface area contributed by atoms with Crippen LogP contribution in [0.25, 0.3) is 0 Å². The molecule has 1 heterocycles. The van der Waals surface area contributed by atoms with E-state index < -0.39 is 0 Å². The highest BCUT2D eigenvalue weighted by Gasteiger charge is 2.17. The highest BCUT2D eigenvalue weighted by atomic mass is 35.5. The van der Waals surface area contributed by atoms with Crippen LogP contribution in [0.3, 0.4) is 0 Å². The number of allylic oxidation sites excluding steroid dienone is 1. The van der Waals surface area contributed by atoms with Crippen LogP contribution in [0.5, 0.6) is 0 Å². The molecular weight excluding hydrogens is 196 g/mol. The standard InChI is InChI=1S/C11H15ClN2/c1-3-4-5-9-6-7-10(12)8-14-11(9)13-2/h8-9H,5-7H2,1-2H3,(H,13,14). The summed E-state index contributed by atoms with van der Waals surface area (Å²) in [7, 11) is 1.79. The van der Waals surface area contributed by atoms with Crippen LogP contribution in [0.2, 0.25) is 0 Å². The van der Waals surface area contributed by atoms with Gasteiger partial charge in [0.15, 0.2) is 0 Å². The van der Waals surface area contributed by atoms with E-state index in [2.05, 4.69) is 22.2 Å². The molecule has 1 aliphatic rings. The predicted molar refractivity (Wildman–Crippen MR) is 61.2 cm³/mol. The number of hydrogen-bond acceptors (Lipinski definition) is 1. The van der Waals surface area contributed by atoms with Crippen molar-refractivity contribution in [1.82, 2.24) is 5.32 Å². The molecule has 1 unspecified atom stereocenters. The van der Waals surface area contributed by atoms with Gasteiger partial charge >= 0.3 is 0 Å². The molecule has 0 amide bonds. The van der Waals surface area contributed by atoms with Gasteiger partial charge in [0.2, 0.25) is 0 Å². The molecule has 0 bridgehead atoms. The van der Waals surface area contributed by atoms with Gasteiger partial charge in [-0.3, -0.25) is 4.99 Å². The van der Waals surface area contributed by atoms with Crippen molar-refractivity contribution in [3.63, 3.8) is 0 Å². The van der Waals surface area contributed by atoms with E-state index in [0.29, 0.717) is 5.92 Å². The Morgan fingerprint density at radius 1 is 1.71 bits per heavy atom. The maximum Gasteiger partial charge on any atom is 0.104 e. The van der Waals surface area contributed by atoms with Crippen LogP contribution in [0.4, 0.5) is 0 Å². The summed E-state index contributed by atoms with van der Waals surface area (Å²) < 4.78 is 0. The van der Waals surface area contributed by atoms with E-state index in [4.69, 9.17) is 11.6 Å². The molecule has 3 heteroatoms. The zero-order valence-electron chi connectivity index (χ0n) is 8.60. The Morgan fingerprint density at radius 3 is 3.14 bits per heavy atom. The van der Waals surface area contributed by atoms with Crippen LogP contribution in [-0.2, 0) is 0 Å². The van der Waals surface area contributed by atoms with Crippen molar-refractivity contribution >= 4 is 17.4 Å². The van der Waals surface area contributed by atoms with Crippen molar-refractivity contribution in [2.24, 2.45) is 10.9 Å². The minimum Gasteiger partial charge on any atom is -0.349 e. The first-order valence-electron chi connectivity index (χ1n) is 4.75. The number of rotatable bonds is 1. The van der Waals surface area contributed by atoms with E-state index in [1.165, 1.54) is 0 Å². The van der Waals surface area contributed by atoms with Gasteiger partial charge in [0.05, 0.1) is 0 Å². The average Bonchev–Trinajstić information content (AvgIpc) is 2.37. The van der Waals surface area contributed by atoms with Gasteiger partial charge in [-0.05, 0) is 19.8 Å². The SMILES string of the molecule is CC#CCC1CCC(Cl)=CNC1=NC. The molecule has 0 aromatic carbocycles. The van der Waals surface area contributed by atoms with Gasteiger partial charge in [0, 0.05) is 30.6 Å². The number of halogens is 1. The van der Waals surface area contributed by atoms with Crippen LogP contribution in [0.1, 0.15) is 26.2 Å². The fourth-order valence-electron chi connectivity index (χ4n) is 1.46. The van der Waals surface area contributed by atoms with E-state index in [1.807, 2.05) is 13.1 Å². The average molecular weight is 211 g/mol. The first-order valence-corrected chi connectivity index (χ1v) is 5.13. The molecule has 0 aromatic heterocycles. The third-order valence-electron chi connectivity index (χ3n) is 2.26. The van der Waals surface area contributed by atoms with Crippen molar-refractivity contribution in [2.75, 3.05) is 7.05 Å². The van der Waals surface area contributed by atoms with Gasteiger partial charge in [0.25, 0.3) is 0 Å². The molecule has 0 saturated heterocycles. The zero-order valence-corrected chi connectivity index (χ0v) is 9.36. The van der Waals surface area contributed by atoms with E-state index in [-0.39, 0.29) is 0 Å². The van der Waals surface area contributed by atoms with E-state index >= 15 is 0 Å². The van der Waals surface area contributed by atoms with Gasteiger partial charge < -0.3 is 5.32 Å². The first-order chi connectivity index (χ1) is 6.77. The largest absolute Gasteiger partial charge is 0.349 e. The lowest BCUT2D eigenvalue weighted by Crippen LogP contribution is -2.25. The van der Waals surface area contributed by atoms with E-state index in [9.17, 15) is 0 Å². The van der Waals surface area contributed by atoms with Crippen molar-refractivity contribution in [2.45, 2.75) is 26.2 Å². The summed E-state index contributed by atoms with van der Waals surface area (Å²) in [6.45, 7) is 1.86. The molecule has 1 atom stereocenters. The Kier molecular flexibility index (Phi) is 4.55. The number of amidine groups is 1. The lowest BCUT2D eigenvalue weighted by atomic mass is 9.99. The number of nitrogens with one attached hydrogen (secondary N) is 1. The summed E-state index contributed by atoms with van der Waals surface area (Å²) in [5, 5.41) is 3.99. The monoisotopic (exact) mass is 210 g/mol. The second-order valence-corrected chi connectivity index (χ2v) is 3.70. The smallest absolute Gasteiger partial charge is 0.104 e. The van der Waals surface area contributed by atoms with Crippen molar-refractivity contribution in [3.05, 3.63) is 11.2 Å². The predicted octanol–water partition coefficient (Wildman–Crippen LogP) is 2.51. The Bertz CT molecular complexity index is 307. The summed E-state index contributed by atoms with van der Waals surface area (Å²) in [6.07, 6.45) is 4.60. The summed E-state index contributed by atoms with van der Waals surface area (Å²) in [5.41, 5.74) is 0. The molecule has 1 aliphatic heterocycles. The number of aliphatic imine (C=N–C) groups is 1. The molecule has 14 heavy (non-hydrogen) atoms. The highest BCUT2D eigenvalue weighted by Crippen LogP contribution is 2.21. The molecule has 2 nitrogen and oxygen atoms in total. The summed E-state index contributed by atoms with van der Waals surface area (Å²) in [5.74, 6) is 7.37. The Balaban J connectivity index is 2.69. The highest BCUT2D eigenvalue weighted by molar-refractivity contribution is 6.29. The second-order valence-electron chi connectivity index (χ2n) is 3.21. The maximum absolute atomic E-state index is 5.95. The fraction of sp³-hybridized carbons (Fsp3) is 0.545. The van der Waals surface area contributed by atoms with Crippen molar-refractivity contribution in [3.8, 4) is 11.8 Å². The van der Waals surface area contributed by atoms with Gasteiger partial charge in [-0.25, -0.2) is 0 Å². The maximum atomic E-state index is 5.95. The second kappa shape index (κ2) is 5.72. The minimum absolute atomic E-state index is 0.389. The van der Waals surface area contributed by atoms with Crippen LogP contribution < -0.4 is 5.32 Å². The molecular formula is C11H15ClN2. The number of nitrogens with zero attached hydrogens (tertiary/aromatic N) is 1. The lowest BCUT2D eigenvalue weighted by Gasteiger charge is -2.13. The molecule has 1 N–H and O–H groups in total. The quantitative estimate of drug-likeness (QED) is 0.661. The Morgan fingerprint density at radius 2 is 2.50 bits per heavy atom. The Labute approximate surface area is 90.4 Å². The van der Waals surface area contributed by atoms with Crippen molar-refractivity contribution in [1.29, 1.82) is 0 Å². The number of hydrogen-bond donors (Lipinski definition) is 1. The summed E-state index contributed by atoms with van der Waals surface area (Å²) >= 11 is 5.95. The third kappa shape index (κ3) is 3.08. The van der Waals surface area contributed by atoms with Crippen LogP contribution in [0.15, 0.2) is 16.2 Å². The molecule has 0 radical (unpaired) electrons. The summed E-state index contributed by atoms with van der Waals surface area (Å²) in [4.78, 5) is 4.21. The van der Waals surface area contributed by atoms with Gasteiger partial charge in [-0.1, -0.05) is 11.6 Å². The molecule has 0 spiro atoms. The van der Waals surface area contributed by atoms with Gasteiger partial charge in [-0.15, -0.1) is 11.8 Å². The topological polar surface area (TPSA) is 24.4 Å². The molecule has 0 saturated carbocycles. The fourth-order valence-corrected chi connectivity index (χ4v) is 1.63. The normalized spacial score (nSPS) is 24.4. The van der Waals surface area contributed by atoms with Crippen LogP contribution >= 0.6 is 11.6 Å². The molecule has 1 rings (SSSR count). The van der Waals surface area contributed by atoms with Crippen molar-refractivity contribution < 1.29 is 0 Å². The lowest BCUT2D eigenvalue weighted by molar-refractivity contribution is 0.643. The third-order valence-corrected chi connectivity index (χ3v) is 2.56. The molecule has 0 aliphatic carbocycles. The summed E-state index contributed by atoms with van der Waals surface area (Å²) in [6, 6.07) is 0. The van der Waals surface area contributed by atoms with Crippen LogP contribution in [0, 0.1) is 17.8 Å². The molecule has 0 fully saturated rings.